The van der Waals surface area contributed by atoms with Gasteiger partial charge in [0.2, 0.25) is 5.43 Å². The molecule has 0 saturated carbocycles. The maximum Gasteiger partial charge on any atom is 0.200 e. The molecule has 152 valence electrons. The molecule has 30 heavy (non-hydrogen) atoms. The first-order chi connectivity index (χ1) is 14.7. The minimum atomic E-state index is -0.0254. The highest BCUT2D eigenvalue weighted by atomic mass is 16.5. The Labute approximate surface area is 176 Å². The van der Waals surface area contributed by atoms with Crippen molar-refractivity contribution in [3.05, 3.63) is 88.8 Å². The Morgan fingerprint density at radius 2 is 1.80 bits per heavy atom. The van der Waals surface area contributed by atoms with Crippen molar-refractivity contribution in [1.82, 2.24) is 9.55 Å². The number of benzene rings is 2. The Bertz CT molecular complexity index is 1200. The van der Waals surface area contributed by atoms with Gasteiger partial charge >= 0.3 is 0 Å². The van der Waals surface area contributed by atoms with E-state index >= 15 is 0 Å². The minimum Gasteiger partial charge on any atom is -0.494 e. The van der Waals surface area contributed by atoms with Crippen molar-refractivity contribution >= 4 is 16.7 Å². The summed E-state index contributed by atoms with van der Waals surface area (Å²) in [6, 6.07) is 19.8. The van der Waals surface area contributed by atoms with E-state index in [2.05, 4.69) is 22.4 Å². The highest BCUT2D eigenvalue weighted by Crippen LogP contribution is 2.24. The van der Waals surface area contributed by atoms with Gasteiger partial charge in [-0.3, -0.25) is 4.79 Å². The Morgan fingerprint density at radius 1 is 1.03 bits per heavy atom. The van der Waals surface area contributed by atoms with Gasteiger partial charge in [0.05, 0.1) is 17.5 Å². The van der Waals surface area contributed by atoms with Crippen LogP contribution < -0.4 is 15.5 Å². The van der Waals surface area contributed by atoms with Gasteiger partial charge in [-0.2, -0.15) is 0 Å². The van der Waals surface area contributed by atoms with E-state index in [-0.39, 0.29) is 5.43 Å². The van der Waals surface area contributed by atoms with E-state index in [9.17, 15) is 4.79 Å². The van der Waals surface area contributed by atoms with Crippen molar-refractivity contribution in [2.75, 3.05) is 18.5 Å². The molecule has 4 rings (SSSR count). The molecule has 4 aromatic rings. The van der Waals surface area contributed by atoms with Crippen LogP contribution in [0.1, 0.15) is 12.5 Å². The SMILES string of the molecule is CCOc1ccc(-c2cn(C)c3ccnc(NCCc4ccccc4)c3c2=O)cc1. The highest BCUT2D eigenvalue weighted by Gasteiger charge is 2.14. The van der Waals surface area contributed by atoms with Gasteiger partial charge in [0.1, 0.15) is 11.6 Å². The van der Waals surface area contributed by atoms with Gasteiger partial charge in [0.25, 0.3) is 0 Å². The fourth-order valence-corrected chi connectivity index (χ4v) is 3.63. The second-order valence-electron chi connectivity index (χ2n) is 7.16. The zero-order valence-electron chi connectivity index (χ0n) is 17.3. The molecule has 0 spiro atoms. The number of hydrogen-bond donors (Lipinski definition) is 1. The summed E-state index contributed by atoms with van der Waals surface area (Å²) in [5.74, 6) is 1.42. The second kappa shape index (κ2) is 8.82. The molecule has 0 aliphatic heterocycles. The van der Waals surface area contributed by atoms with Gasteiger partial charge in [-0.15, -0.1) is 0 Å². The average Bonchev–Trinajstić information content (AvgIpc) is 2.78. The lowest BCUT2D eigenvalue weighted by Gasteiger charge is -2.13. The molecule has 0 fully saturated rings. The van der Waals surface area contributed by atoms with E-state index in [1.54, 1.807) is 6.20 Å². The maximum absolute atomic E-state index is 13.4. The van der Waals surface area contributed by atoms with Gasteiger partial charge < -0.3 is 14.6 Å². The molecule has 0 aliphatic carbocycles. The second-order valence-corrected chi connectivity index (χ2v) is 7.16. The van der Waals surface area contributed by atoms with Crippen LogP contribution in [-0.2, 0) is 13.5 Å². The Balaban J connectivity index is 1.69. The van der Waals surface area contributed by atoms with E-state index in [1.807, 2.05) is 73.3 Å². The summed E-state index contributed by atoms with van der Waals surface area (Å²) in [6.45, 7) is 3.26. The van der Waals surface area contributed by atoms with E-state index < -0.39 is 0 Å². The molecule has 0 amide bonds. The van der Waals surface area contributed by atoms with Crippen LogP contribution in [0.3, 0.4) is 0 Å². The molecule has 0 radical (unpaired) electrons. The highest BCUT2D eigenvalue weighted by molar-refractivity contribution is 5.92. The first-order valence-electron chi connectivity index (χ1n) is 10.2. The van der Waals surface area contributed by atoms with Crippen LogP contribution in [0, 0.1) is 0 Å². The van der Waals surface area contributed by atoms with Crippen LogP contribution in [0.5, 0.6) is 5.75 Å². The van der Waals surface area contributed by atoms with E-state index in [0.29, 0.717) is 29.9 Å². The van der Waals surface area contributed by atoms with Crippen molar-refractivity contribution in [1.29, 1.82) is 0 Å². The third-order valence-electron chi connectivity index (χ3n) is 5.13. The lowest BCUT2D eigenvalue weighted by molar-refractivity contribution is 0.340. The Morgan fingerprint density at radius 3 is 2.53 bits per heavy atom. The third-order valence-corrected chi connectivity index (χ3v) is 5.13. The predicted molar refractivity (Wildman–Crippen MR) is 122 cm³/mol. The number of aromatic nitrogens is 2. The van der Waals surface area contributed by atoms with Crippen molar-refractivity contribution in [2.45, 2.75) is 13.3 Å². The van der Waals surface area contributed by atoms with Crippen molar-refractivity contribution in [3.8, 4) is 16.9 Å². The van der Waals surface area contributed by atoms with Crippen LogP contribution >= 0.6 is 0 Å². The molecule has 5 nitrogen and oxygen atoms in total. The predicted octanol–water partition coefficient (Wildman–Crippen LogP) is 4.65. The van der Waals surface area contributed by atoms with Gasteiger partial charge in [0, 0.05) is 31.5 Å². The summed E-state index contributed by atoms with van der Waals surface area (Å²) < 4.78 is 7.50. The zero-order chi connectivity index (χ0) is 20.9. The van der Waals surface area contributed by atoms with Crippen LogP contribution in [-0.4, -0.2) is 22.7 Å². The number of pyridine rings is 2. The van der Waals surface area contributed by atoms with Gasteiger partial charge in [-0.05, 0) is 42.7 Å². The molecule has 0 aliphatic rings. The molecular weight excluding hydrogens is 374 g/mol. The third kappa shape index (κ3) is 4.06. The number of nitrogens with one attached hydrogen (secondary N) is 1. The van der Waals surface area contributed by atoms with Crippen molar-refractivity contribution in [3.63, 3.8) is 0 Å². The van der Waals surface area contributed by atoms with Gasteiger partial charge in [0.15, 0.2) is 0 Å². The molecule has 0 saturated heterocycles. The van der Waals surface area contributed by atoms with Crippen LogP contribution in [0.4, 0.5) is 5.82 Å². The number of aryl methyl sites for hydroxylation is 1. The van der Waals surface area contributed by atoms with Crippen LogP contribution in [0.2, 0.25) is 0 Å². The van der Waals surface area contributed by atoms with Crippen LogP contribution in [0.15, 0.2) is 77.9 Å². The summed E-state index contributed by atoms with van der Waals surface area (Å²) in [4.78, 5) is 17.9. The fourth-order valence-electron chi connectivity index (χ4n) is 3.63. The van der Waals surface area contributed by atoms with E-state index in [4.69, 9.17) is 4.74 Å². The van der Waals surface area contributed by atoms with Gasteiger partial charge in [-0.1, -0.05) is 42.5 Å². The molecule has 2 heterocycles. The minimum absolute atomic E-state index is 0.0254. The first kappa shape index (κ1) is 19.7. The topological polar surface area (TPSA) is 56.1 Å². The van der Waals surface area contributed by atoms with Crippen molar-refractivity contribution < 1.29 is 4.74 Å². The normalized spacial score (nSPS) is 10.9. The molecular formula is C25H25N3O2. The Kier molecular flexibility index (Phi) is 5.80. The molecule has 5 heteroatoms. The first-order valence-corrected chi connectivity index (χ1v) is 10.2. The average molecular weight is 399 g/mol. The Hall–Kier alpha value is -3.60. The largest absolute Gasteiger partial charge is 0.494 e. The number of rotatable bonds is 7. The molecule has 0 unspecified atom stereocenters. The molecule has 0 atom stereocenters. The summed E-state index contributed by atoms with van der Waals surface area (Å²) in [5, 5.41) is 3.97. The number of hydrogen-bond acceptors (Lipinski definition) is 4. The maximum atomic E-state index is 13.4. The monoisotopic (exact) mass is 399 g/mol. The number of anilines is 1. The van der Waals surface area contributed by atoms with Crippen LogP contribution in [0.25, 0.3) is 22.0 Å². The number of fused-ring (bicyclic) bond motifs is 1. The lowest BCUT2D eigenvalue weighted by Crippen LogP contribution is -2.15. The molecule has 1 N–H and O–H groups in total. The quantitative estimate of drug-likeness (QED) is 0.491. The number of ether oxygens (including phenoxy) is 1. The molecule has 0 bridgehead atoms. The van der Waals surface area contributed by atoms with E-state index in [0.717, 1.165) is 23.3 Å². The smallest absolute Gasteiger partial charge is 0.200 e. The molecule has 2 aromatic carbocycles. The summed E-state index contributed by atoms with van der Waals surface area (Å²) in [7, 11) is 1.95. The summed E-state index contributed by atoms with van der Waals surface area (Å²) in [6.07, 6.45) is 4.48. The van der Waals surface area contributed by atoms with E-state index in [1.165, 1.54) is 5.56 Å². The standard InChI is InChI=1S/C25H25N3O2/c1-3-30-20-11-9-19(10-12-20)21-17-28(2)22-14-16-27-25(23(22)24(21)29)26-15-13-18-7-5-4-6-8-18/h4-12,14,16-17H,3,13,15H2,1-2H3,(H,26,27). The zero-order valence-corrected chi connectivity index (χ0v) is 17.3. The summed E-state index contributed by atoms with van der Waals surface area (Å²) >= 11 is 0. The van der Waals surface area contributed by atoms with Crippen molar-refractivity contribution in [2.24, 2.45) is 7.05 Å². The fraction of sp³-hybridized carbons (Fsp3) is 0.200. The lowest BCUT2D eigenvalue weighted by atomic mass is 10.0. The molecule has 2 aromatic heterocycles. The van der Waals surface area contributed by atoms with Gasteiger partial charge in [-0.25, -0.2) is 4.98 Å². The summed E-state index contributed by atoms with van der Waals surface area (Å²) in [5.41, 5.74) is 3.58. The number of nitrogens with zero attached hydrogens (tertiary/aromatic N) is 2.